The summed E-state index contributed by atoms with van der Waals surface area (Å²) in [6, 6.07) is 0. The molecule has 4 heteroatoms. The molecule has 1 rings (SSSR count). The van der Waals surface area contributed by atoms with Gasteiger partial charge in [-0.3, -0.25) is 4.98 Å². The van der Waals surface area contributed by atoms with Gasteiger partial charge >= 0.3 is 0 Å². The molecule has 70 valence electrons. The predicted molar refractivity (Wildman–Crippen MR) is 53.4 cm³/mol. The molecule has 13 heavy (non-hydrogen) atoms. The summed E-state index contributed by atoms with van der Waals surface area (Å²) < 4.78 is 0. The number of anilines is 1. The Morgan fingerprint density at radius 3 is 2.77 bits per heavy atom. The number of rotatable bonds is 4. The minimum absolute atomic E-state index is 0.429. The minimum atomic E-state index is 0.429. The van der Waals surface area contributed by atoms with Crippen LogP contribution in [0.5, 0.6) is 0 Å². The van der Waals surface area contributed by atoms with Gasteiger partial charge in [-0.25, -0.2) is 4.98 Å². The molecule has 0 aliphatic carbocycles. The maximum absolute atomic E-state index is 5.40. The van der Waals surface area contributed by atoms with Gasteiger partial charge in [0.15, 0.2) is 0 Å². The smallest absolute Gasteiger partial charge is 0.147 e. The summed E-state index contributed by atoms with van der Waals surface area (Å²) in [5.74, 6) is 0.831. The Morgan fingerprint density at radius 1 is 1.54 bits per heavy atom. The first kappa shape index (κ1) is 9.67. The lowest BCUT2D eigenvalue weighted by Gasteiger charge is -2.14. The molecule has 0 fully saturated rings. The van der Waals surface area contributed by atoms with Gasteiger partial charge in [0.2, 0.25) is 0 Å². The summed E-state index contributed by atoms with van der Waals surface area (Å²) in [7, 11) is 1.94. The molecule has 0 saturated carbocycles. The fourth-order valence-electron chi connectivity index (χ4n) is 0.938. The van der Waals surface area contributed by atoms with Gasteiger partial charge in [-0.2, -0.15) is 0 Å². The van der Waals surface area contributed by atoms with Crippen molar-refractivity contribution in [1.82, 2.24) is 9.97 Å². The highest BCUT2D eigenvalue weighted by Gasteiger charge is 1.99. The Labute approximate surface area is 78.1 Å². The maximum Gasteiger partial charge on any atom is 0.147 e. The monoisotopic (exact) mass is 178 g/mol. The molecule has 0 bridgehead atoms. The van der Waals surface area contributed by atoms with Crippen LogP contribution in [0.1, 0.15) is 5.69 Å². The largest absolute Gasteiger partial charge is 0.355 e. The number of aromatic nitrogens is 2. The summed E-state index contributed by atoms with van der Waals surface area (Å²) in [6.45, 7) is 4.84. The standard InChI is InChI=1S/C9H14N4/c1-3-4-13(2)9-7-11-8(5-10)6-12-9/h3,6-7H,1,4-5,10H2,2H3. The molecule has 0 aliphatic heterocycles. The van der Waals surface area contributed by atoms with E-state index in [1.165, 1.54) is 0 Å². The molecular formula is C9H14N4. The number of nitrogens with two attached hydrogens (primary N) is 1. The molecule has 0 amide bonds. The van der Waals surface area contributed by atoms with Crippen LogP contribution in [0.2, 0.25) is 0 Å². The van der Waals surface area contributed by atoms with Gasteiger partial charge in [-0.1, -0.05) is 6.08 Å². The van der Waals surface area contributed by atoms with Crippen LogP contribution in [0, 0.1) is 0 Å². The van der Waals surface area contributed by atoms with Crippen molar-refractivity contribution < 1.29 is 0 Å². The fraction of sp³-hybridized carbons (Fsp3) is 0.333. The Balaban J connectivity index is 2.73. The molecule has 0 aliphatic rings. The van der Waals surface area contributed by atoms with Crippen molar-refractivity contribution >= 4 is 5.82 Å². The van der Waals surface area contributed by atoms with Gasteiger partial charge < -0.3 is 10.6 Å². The third-order valence-electron chi connectivity index (χ3n) is 1.69. The van der Waals surface area contributed by atoms with Crippen molar-refractivity contribution in [2.75, 3.05) is 18.5 Å². The molecule has 1 heterocycles. The second-order valence-electron chi connectivity index (χ2n) is 2.74. The molecule has 0 saturated heterocycles. The normalized spacial score (nSPS) is 9.69. The van der Waals surface area contributed by atoms with E-state index in [0.717, 1.165) is 18.1 Å². The molecule has 0 aromatic carbocycles. The quantitative estimate of drug-likeness (QED) is 0.684. The van der Waals surface area contributed by atoms with Crippen LogP contribution in [0.4, 0.5) is 5.82 Å². The van der Waals surface area contributed by atoms with Crippen LogP contribution in [-0.4, -0.2) is 23.6 Å². The first-order valence-corrected chi connectivity index (χ1v) is 4.11. The highest BCUT2D eigenvalue weighted by atomic mass is 15.2. The van der Waals surface area contributed by atoms with E-state index in [1.807, 2.05) is 18.0 Å². The lowest BCUT2D eigenvalue weighted by atomic mass is 10.4. The number of hydrogen-bond donors (Lipinski definition) is 1. The van der Waals surface area contributed by atoms with E-state index in [1.54, 1.807) is 12.4 Å². The molecule has 0 atom stereocenters. The molecular weight excluding hydrogens is 164 g/mol. The third kappa shape index (κ3) is 2.52. The summed E-state index contributed by atoms with van der Waals surface area (Å²) in [5, 5.41) is 0. The summed E-state index contributed by atoms with van der Waals surface area (Å²) >= 11 is 0. The van der Waals surface area contributed by atoms with Crippen LogP contribution in [0.25, 0.3) is 0 Å². The molecule has 4 nitrogen and oxygen atoms in total. The van der Waals surface area contributed by atoms with Gasteiger partial charge in [0.05, 0.1) is 18.1 Å². The summed E-state index contributed by atoms with van der Waals surface area (Å²) in [6.07, 6.45) is 5.22. The van der Waals surface area contributed by atoms with Gasteiger partial charge in [0.25, 0.3) is 0 Å². The Kier molecular flexibility index (Phi) is 3.40. The molecule has 0 radical (unpaired) electrons. The van der Waals surface area contributed by atoms with Crippen molar-refractivity contribution in [2.24, 2.45) is 5.73 Å². The van der Waals surface area contributed by atoms with Crippen LogP contribution < -0.4 is 10.6 Å². The van der Waals surface area contributed by atoms with Gasteiger partial charge in [-0.05, 0) is 0 Å². The predicted octanol–water partition coefficient (Wildman–Crippen LogP) is 0.557. The SMILES string of the molecule is C=CCN(C)c1cnc(CN)cn1. The Morgan fingerprint density at radius 2 is 2.31 bits per heavy atom. The molecule has 1 aromatic heterocycles. The highest BCUT2D eigenvalue weighted by Crippen LogP contribution is 2.05. The third-order valence-corrected chi connectivity index (χ3v) is 1.69. The van der Waals surface area contributed by atoms with Crippen molar-refractivity contribution in [3.63, 3.8) is 0 Å². The zero-order valence-corrected chi connectivity index (χ0v) is 7.77. The Bertz CT molecular complexity index is 267. The van der Waals surface area contributed by atoms with Crippen LogP contribution in [-0.2, 0) is 6.54 Å². The molecule has 2 N–H and O–H groups in total. The van der Waals surface area contributed by atoms with E-state index >= 15 is 0 Å². The molecule has 1 aromatic rings. The topological polar surface area (TPSA) is 55.0 Å². The van der Waals surface area contributed by atoms with Crippen LogP contribution >= 0.6 is 0 Å². The van der Waals surface area contributed by atoms with E-state index in [9.17, 15) is 0 Å². The van der Waals surface area contributed by atoms with Crippen LogP contribution in [0.15, 0.2) is 25.0 Å². The van der Waals surface area contributed by atoms with Gasteiger partial charge in [0, 0.05) is 20.1 Å². The minimum Gasteiger partial charge on any atom is -0.355 e. The van der Waals surface area contributed by atoms with Crippen molar-refractivity contribution in [3.8, 4) is 0 Å². The first-order chi connectivity index (χ1) is 6.27. The summed E-state index contributed by atoms with van der Waals surface area (Å²) in [5.41, 5.74) is 6.20. The van der Waals surface area contributed by atoms with E-state index in [0.29, 0.717) is 6.54 Å². The van der Waals surface area contributed by atoms with Crippen molar-refractivity contribution in [2.45, 2.75) is 6.54 Å². The second-order valence-corrected chi connectivity index (χ2v) is 2.74. The second kappa shape index (κ2) is 4.57. The average molecular weight is 178 g/mol. The van der Waals surface area contributed by atoms with E-state index < -0.39 is 0 Å². The zero-order chi connectivity index (χ0) is 9.68. The zero-order valence-electron chi connectivity index (χ0n) is 7.77. The summed E-state index contributed by atoms with van der Waals surface area (Å²) in [4.78, 5) is 10.3. The number of likely N-dealkylation sites (N-methyl/N-ethyl adjacent to an activating group) is 1. The van der Waals surface area contributed by atoms with Crippen molar-refractivity contribution in [3.05, 3.63) is 30.7 Å². The van der Waals surface area contributed by atoms with Crippen LogP contribution in [0.3, 0.4) is 0 Å². The molecule has 0 unspecified atom stereocenters. The lowest BCUT2D eigenvalue weighted by molar-refractivity contribution is 0.924. The maximum atomic E-state index is 5.40. The number of hydrogen-bond acceptors (Lipinski definition) is 4. The Hall–Kier alpha value is -1.42. The van der Waals surface area contributed by atoms with E-state index in [2.05, 4.69) is 16.5 Å². The van der Waals surface area contributed by atoms with E-state index in [4.69, 9.17) is 5.73 Å². The van der Waals surface area contributed by atoms with Crippen molar-refractivity contribution in [1.29, 1.82) is 0 Å². The highest BCUT2D eigenvalue weighted by molar-refractivity contribution is 5.35. The van der Waals surface area contributed by atoms with E-state index in [-0.39, 0.29) is 0 Å². The molecule has 0 spiro atoms. The number of nitrogens with zero attached hydrogens (tertiary/aromatic N) is 3. The first-order valence-electron chi connectivity index (χ1n) is 4.11. The van der Waals surface area contributed by atoms with Gasteiger partial charge in [-0.15, -0.1) is 6.58 Å². The fourth-order valence-corrected chi connectivity index (χ4v) is 0.938. The average Bonchev–Trinajstić information content (AvgIpc) is 2.18. The lowest BCUT2D eigenvalue weighted by Crippen LogP contribution is -2.18. The van der Waals surface area contributed by atoms with Gasteiger partial charge in [0.1, 0.15) is 5.82 Å².